The molecule has 2 rings (SSSR count). The van der Waals surface area contributed by atoms with E-state index in [9.17, 15) is 9.59 Å². The number of anilines is 1. The number of hydrogen-bond acceptors (Lipinski definition) is 3. The van der Waals surface area contributed by atoms with E-state index in [1.54, 1.807) is 13.2 Å². The van der Waals surface area contributed by atoms with Crippen molar-refractivity contribution in [3.8, 4) is 5.75 Å². The van der Waals surface area contributed by atoms with Crippen LogP contribution in [0.3, 0.4) is 0 Å². The van der Waals surface area contributed by atoms with E-state index in [0.29, 0.717) is 12.1 Å². The van der Waals surface area contributed by atoms with Crippen molar-refractivity contribution in [1.29, 1.82) is 0 Å². The van der Waals surface area contributed by atoms with Gasteiger partial charge in [-0.15, -0.1) is 0 Å². The molecule has 1 unspecified atom stereocenters. The van der Waals surface area contributed by atoms with Crippen LogP contribution in [0.2, 0.25) is 0 Å². The molecule has 0 radical (unpaired) electrons. The maximum Gasteiger partial charge on any atom is 0.335 e. The van der Waals surface area contributed by atoms with Gasteiger partial charge in [-0.05, 0) is 54.7 Å². The topological polar surface area (TPSA) is 75.6 Å². The zero-order valence-corrected chi connectivity index (χ0v) is 14.7. The van der Waals surface area contributed by atoms with E-state index in [2.05, 4.69) is 5.32 Å². The highest BCUT2D eigenvalue weighted by molar-refractivity contribution is 5.95. The van der Waals surface area contributed by atoms with Gasteiger partial charge in [0.15, 0.2) is 0 Å². The number of amides is 1. The molecule has 0 aliphatic carbocycles. The van der Waals surface area contributed by atoms with Crippen LogP contribution in [0.4, 0.5) is 5.69 Å². The SMILES string of the molecule is CCC(CC(=O)Nc1cc(C(=O)O)ccc1C)c1ccc(OC)cc1. The number of carbonyl (C=O) groups is 2. The number of carbonyl (C=O) groups excluding carboxylic acids is 1. The largest absolute Gasteiger partial charge is 0.497 e. The standard InChI is InChI=1S/C20H23NO4/c1-4-14(15-7-9-17(25-3)10-8-15)12-19(22)21-18-11-16(20(23)24)6-5-13(18)2/h5-11,14H,4,12H2,1-3H3,(H,21,22)(H,23,24). The first kappa shape index (κ1) is 18.5. The summed E-state index contributed by atoms with van der Waals surface area (Å²) in [5.74, 6) is -0.272. The van der Waals surface area contributed by atoms with Gasteiger partial charge in [0.25, 0.3) is 0 Å². The fourth-order valence-electron chi connectivity index (χ4n) is 2.69. The molecule has 0 heterocycles. The number of nitrogens with one attached hydrogen (secondary N) is 1. The van der Waals surface area contributed by atoms with Crippen LogP contribution in [0.15, 0.2) is 42.5 Å². The second kappa shape index (κ2) is 8.33. The lowest BCUT2D eigenvalue weighted by Crippen LogP contribution is -2.16. The van der Waals surface area contributed by atoms with E-state index in [1.165, 1.54) is 12.1 Å². The Bertz CT molecular complexity index is 753. The second-order valence-corrected chi connectivity index (χ2v) is 5.97. The monoisotopic (exact) mass is 341 g/mol. The van der Waals surface area contributed by atoms with Crippen molar-refractivity contribution < 1.29 is 19.4 Å². The van der Waals surface area contributed by atoms with Gasteiger partial charge in [-0.25, -0.2) is 4.79 Å². The number of rotatable bonds is 7. The van der Waals surface area contributed by atoms with Gasteiger partial charge in [-0.2, -0.15) is 0 Å². The number of aromatic carboxylic acids is 1. The van der Waals surface area contributed by atoms with Crippen molar-refractivity contribution in [1.82, 2.24) is 0 Å². The average Bonchev–Trinajstić information content (AvgIpc) is 2.61. The minimum atomic E-state index is -1.01. The molecule has 2 aromatic rings. The first-order valence-corrected chi connectivity index (χ1v) is 8.22. The van der Waals surface area contributed by atoms with E-state index in [4.69, 9.17) is 9.84 Å². The van der Waals surface area contributed by atoms with Crippen LogP contribution in [-0.4, -0.2) is 24.1 Å². The molecule has 0 saturated heterocycles. The van der Waals surface area contributed by atoms with Gasteiger partial charge in [0.2, 0.25) is 5.91 Å². The van der Waals surface area contributed by atoms with Crippen molar-refractivity contribution in [2.45, 2.75) is 32.6 Å². The van der Waals surface area contributed by atoms with Crippen molar-refractivity contribution in [2.75, 3.05) is 12.4 Å². The summed E-state index contributed by atoms with van der Waals surface area (Å²) in [6.45, 7) is 3.88. The second-order valence-electron chi connectivity index (χ2n) is 5.97. The molecule has 1 atom stereocenters. The highest BCUT2D eigenvalue weighted by atomic mass is 16.5. The third kappa shape index (κ3) is 4.83. The first-order chi connectivity index (χ1) is 11.9. The van der Waals surface area contributed by atoms with Crippen LogP contribution >= 0.6 is 0 Å². The van der Waals surface area contributed by atoms with Gasteiger partial charge in [0.05, 0.1) is 12.7 Å². The van der Waals surface area contributed by atoms with Gasteiger partial charge in [-0.1, -0.05) is 25.1 Å². The molecule has 0 bridgehead atoms. The minimum absolute atomic E-state index is 0.0915. The molecule has 0 saturated carbocycles. The molecule has 0 fully saturated rings. The summed E-state index contributed by atoms with van der Waals surface area (Å²) in [7, 11) is 1.62. The molecular formula is C20H23NO4. The molecule has 2 N–H and O–H groups in total. The highest BCUT2D eigenvalue weighted by Gasteiger charge is 2.16. The third-order valence-corrected chi connectivity index (χ3v) is 4.27. The number of carboxylic acid groups (broad SMARTS) is 1. The lowest BCUT2D eigenvalue weighted by Gasteiger charge is -2.16. The maximum atomic E-state index is 12.4. The summed E-state index contributed by atoms with van der Waals surface area (Å²) >= 11 is 0. The van der Waals surface area contributed by atoms with E-state index in [0.717, 1.165) is 23.3 Å². The van der Waals surface area contributed by atoms with E-state index >= 15 is 0 Å². The van der Waals surface area contributed by atoms with Crippen LogP contribution in [0.1, 0.15) is 47.2 Å². The zero-order chi connectivity index (χ0) is 18.4. The Labute approximate surface area is 147 Å². The Morgan fingerprint density at radius 2 is 1.84 bits per heavy atom. The fourth-order valence-corrected chi connectivity index (χ4v) is 2.69. The number of methoxy groups -OCH3 is 1. The normalized spacial score (nSPS) is 11.6. The Balaban J connectivity index is 2.09. The number of carboxylic acids is 1. The van der Waals surface area contributed by atoms with E-state index in [1.807, 2.05) is 38.1 Å². The van der Waals surface area contributed by atoms with Gasteiger partial charge < -0.3 is 15.2 Å². The minimum Gasteiger partial charge on any atom is -0.497 e. The van der Waals surface area contributed by atoms with Gasteiger partial charge in [0.1, 0.15) is 5.75 Å². The van der Waals surface area contributed by atoms with Crippen molar-refractivity contribution in [3.05, 3.63) is 59.2 Å². The van der Waals surface area contributed by atoms with E-state index in [-0.39, 0.29) is 17.4 Å². The summed E-state index contributed by atoms with van der Waals surface area (Å²) in [4.78, 5) is 23.5. The molecule has 2 aromatic carbocycles. The number of aryl methyl sites for hydroxylation is 1. The lowest BCUT2D eigenvalue weighted by atomic mass is 9.93. The lowest BCUT2D eigenvalue weighted by molar-refractivity contribution is -0.116. The molecule has 1 amide bonds. The smallest absolute Gasteiger partial charge is 0.335 e. The Kier molecular flexibility index (Phi) is 6.17. The molecule has 132 valence electrons. The fraction of sp³-hybridized carbons (Fsp3) is 0.300. The number of ether oxygens (including phenoxy) is 1. The van der Waals surface area contributed by atoms with Crippen LogP contribution in [-0.2, 0) is 4.79 Å². The maximum absolute atomic E-state index is 12.4. The molecular weight excluding hydrogens is 318 g/mol. The van der Waals surface area contributed by atoms with Crippen molar-refractivity contribution >= 4 is 17.6 Å². The Morgan fingerprint density at radius 3 is 2.40 bits per heavy atom. The van der Waals surface area contributed by atoms with Crippen molar-refractivity contribution in [3.63, 3.8) is 0 Å². The predicted molar refractivity (Wildman–Crippen MR) is 97.4 cm³/mol. The third-order valence-electron chi connectivity index (χ3n) is 4.27. The van der Waals surface area contributed by atoms with Crippen LogP contribution in [0, 0.1) is 6.92 Å². The van der Waals surface area contributed by atoms with E-state index < -0.39 is 5.97 Å². The predicted octanol–water partition coefficient (Wildman–Crippen LogP) is 4.22. The van der Waals surface area contributed by atoms with Gasteiger partial charge in [-0.3, -0.25) is 4.79 Å². The van der Waals surface area contributed by atoms with Crippen LogP contribution in [0.5, 0.6) is 5.75 Å². The van der Waals surface area contributed by atoms with Gasteiger partial charge in [0, 0.05) is 12.1 Å². The Morgan fingerprint density at radius 1 is 1.16 bits per heavy atom. The van der Waals surface area contributed by atoms with Gasteiger partial charge >= 0.3 is 5.97 Å². The average molecular weight is 341 g/mol. The number of hydrogen-bond donors (Lipinski definition) is 2. The quantitative estimate of drug-likeness (QED) is 0.790. The molecule has 0 aromatic heterocycles. The summed E-state index contributed by atoms with van der Waals surface area (Å²) in [5.41, 5.74) is 2.60. The van der Waals surface area contributed by atoms with Crippen molar-refractivity contribution in [2.24, 2.45) is 0 Å². The molecule has 0 spiro atoms. The highest BCUT2D eigenvalue weighted by Crippen LogP contribution is 2.26. The van der Waals surface area contributed by atoms with Crippen LogP contribution in [0.25, 0.3) is 0 Å². The molecule has 5 heteroatoms. The Hall–Kier alpha value is -2.82. The molecule has 0 aliphatic rings. The number of benzene rings is 2. The summed E-state index contributed by atoms with van der Waals surface area (Å²) in [6.07, 6.45) is 1.16. The zero-order valence-electron chi connectivity index (χ0n) is 14.7. The van der Waals surface area contributed by atoms with Crippen LogP contribution < -0.4 is 10.1 Å². The molecule has 5 nitrogen and oxygen atoms in total. The molecule has 0 aliphatic heterocycles. The summed E-state index contributed by atoms with van der Waals surface area (Å²) in [5, 5.41) is 11.9. The first-order valence-electron chi connectivity index (χ1n) is 8.22. The summed E-state index contributed by atoms with van der Waals surface area (Å²) < 4.78 is 5.16. The summed E-state index contributed by atoms with van der Waals surface area (Å²) in [6, 6.07) is 12.4. The molecule has 25 heavy (non-hydrogen) atoms.